The molecule has 0 fully saturated rings. The van der Waals surface area contributed by atoms with Crippen molar-refractivity contribution in [3.63, 3.8) is 0 Å². The van der Waals surface area contributed by atoms with Gasteiger partial charge in [0.15, 0.2) is 0 Å². The van der Waals surface area contributed by atoms with Crippen LogP contribution in [0.3, 0.4) is 0 Å². The zero-order chi connectivity index (χ0) is 10.6. The summed E-state index contributed by atoms with van der Waals surface area (Å²) >= 11 is 0. The Morgan fingerprint density at radius 1 is 1.36 bits per heavy atom. The van der Waals surface area contributed by atoms with E-state index < -0.39 is 0 Å². The molecule has 14 heavy (non-hydrogen) atoms. The average Bonchev–Trinajstić information content (AvgIpc) is 2.15. The van der Waals surface area contributed by atoms with Crippen LogP contribution in [0, 0.1) is 5.92 Å². The Hall–Kier alpha value is -1.24. The van der Waals surface area contributed by atoms with E-state index in [9.17, 15) is 0 Å². The quantitative estimate of drug-likeness (QED) is 0.723. The third kappa shape index (κ3) is 2.91. The summed E-state index contributed by atoms with van der Waals surface area (Å²) in [6.45, 7) is 6.51. The lowest BCUT2D eigenvalue weighted by Crippen LogP contribution is -1.91. The zero-order valence-corrected chi connectivity index (χ0v) is 9.25. The predicted molar refractivity (Wildman–Crippen MR) is 64.1 cm³/mol. The molecule has 76 valence electrons. The van der Waals surface area contributed by atoms with Crippen molar-refractivity contribution in [1.29, 1.82) is 0 Å². The van der Waals surface area contributed by atoms with Gasteiger partial charge in [0.2, 0.25) is 0 Å². The molecule has 2 N–H and O–H groups in total. The number of aryl methyl sites for hydroxylation is 1. The molecule has 0 amide bonds. The number of hydrogen-bond donors (Lipinski definition) is 1. The SMILES string of the molecule is CCc1ccc(N)cc1/C=C\C(C)C. The van der Waals surface area contributed by atoms with Crippen LogP contribution >= 0.6 is 0 Å². The number of allylic oxidation sites excluding steroid dienone is 1. The van der Waals surface area contributed by atoms with Crippen LogP contribution in [0.25, 0.3) is 6.08 Å². The van der Waals surface area contributed by atoms with Gasteiger partial charge in [0.1, 0.15) is 0 Å². The van der Waals surface area contributed by atoms with Gasteiger partial charge < -0.3 is 5.73 Å². The number of hydrogen-bond acceptors (Lipinski definition) is 1. The van der Waals surface area contributed by atoms with Crippen LogP contribution in [0.2, 0.25) is 0 Å². The highest BCUT2D eigenvalue weighted by molar-refractivity contribution is 5.59. The second-order valence-electron chi connectivity index (χ2n) is 3.91. The molecule has 0 heterocycles. The van der Waals surface area contributed by atoms with Crippen LogP contribution in [0.15, 0.2) is 24.3 Å². The number of benzene rings is 1. The van der Waals surface area contributed by atoms with E-state index >= 15 is 0 Å². The van der Waals surface area contributed by atoms with Crippen LogP contribution in [0.1, 0.15) is 31.9 Å². The first kappa shape index (κ1) is 10.8. The monoisotopic (exact) mass is 189 g/mol. The highest BCUT2D eigenvalue weighted by atomic mass is 14.5. The van der Waals surface area contributed by atoms with Crippen molar-refractivity contribution in [3.05, 3.63) is 35.4 Å². The third-order valence-electron chi connectivity index (χ3n) is 2.21. The molecular formula is C13H19N. The van der Waals surface area contributed by atoms with E-state index in [1.54, 1.807) is 0 Å². The van der Waals surface area contributed by atoms with Crippen molar-refractivity contribution < 1.29 is 0 Å². The van der Waals surface area contributed by atoms with Crippen molar-refractivity contribution in [2.45, 2.75) is 27.2 Å². The molecule has 0 aliphatic carbocycles. The van der Waals surface area contributed by atoms with Crippen molar-refractivity contribution in [3.8, 4) is 0 Å². The molecule has 0 atom stereocenters. The van der Waals surface area contributed by atoms with E-state index in [0.29, 0.717) is 5.92 Å². The average molecular weight is 189 g/mol. The number of rotatable bonds is 3. The molecule has 0 radical (unpaired) electrons. The Morgan fingerprint density at radius 2 is 2.07 bits per heavy atom. The topological polar surface area (TPSA) is 26.0 Å². The van der Waals surface area contributed by atoms with Gasteiger partial charge in [0.25, 0.3) is 0 Å². The van der Waals surface area contributed by atoms with E-state index in [1.807, 2.05) is 12.1 Å². The maximum atomic E-state index is 5.75. The van der Waals surface area contributed by atoms with Gasteiger partial charge in [0, 0.05) is 5.69 Å². The lowest BCUT2D eigenvalue weighted by molar-refractivity contribution is 0.836. The molecule has 0 aliphatic rings. The molecule has 1 rings (SSSR count). The van der Waals surface area contributed by atoms with Gasteiger partial charge in [-0.05, 0) is 35.6 Å². The number of nitrogens with two attached hydrogens (primary N) is 1. The van der Waals surface area contributed by atoms with Gasteiger partial charge in [0.05, 0.1) is 0 Å². The van der Waals surface area contributed by atoms with E-state index in [-0.39, 0.29) is 0 Å². The number of nitrogen functional groups attached to an aromatic ring is 1. The summed E-state index contributed by atoms with van der Waals surface area (Å²) in [7, 11) is 0. The molecule has 0 spiro atoms. The second-order valence-corrected chi connectivity index (χ2v) is 3.91. The lowest BCUT2D eigenvalue weighted by atomic mass is 10.0. The summed E-state index contributed by atoms with van der Waals surface area (Å²) in [5, 5.41) is 0. The highest BCUT2D eigenvalue weighted by Gasteiger charge is 1.97. The Bertz CT molecular complexity index is 324. The fourth-order valence-electron chi connectivity index (χ4n) is 1.39. The smallest absolute Gasteiger partial charge is 0.0320 e. The summed E-state index contributed by atoms with van der Waals surface area (Å²) < 4.78 is 0. The molecule has 0 aliphatic heterocycles. The molecule has 0 unspecified atom stereocenters. The Balaban J connectivity index is 2.99. The molecule has 0 aromatic heterocycles. The number of anilines is 1. The van der Waals surface area contributed by atoms with E-state index in [0.717, 1.165) is 12.1 Å². The van der Waals surface area contributed by atoms with E-state index in [4.69, 9.17) is 5.73 Å². The van der Waals surface area contributed by atoms with Gasteiger partial charge in [-0.1, -0.05) is 39.0 Å². The first-order valence-electron chi connectivity index (χ1n) is 5.20. The van der Waals surface area contributed by atoms with Gasteiger partial charge in [-0.2, -0.15) is 0 Å². The maximum Gasteiger partial charge on any atom is 0.0320 e. The van der Waals surface area contributed by atoms with Crippen molar-refractivity contribution in [1.82, 2.24) is 0 Å². The Morgan fingerprint density at radius 3 is 2.64 bits per heavy atom. The first-order chi connectivity index (χ1) is 6.63. The van der Waals surface area contributed by atoms with Gasteiger partial charge in [-0.25, -0.2) is 0 Å². The van der Waals surface area contributed by atoms with Crippen LogP contribution in [-0.4, -0.2) is 0 Å². The van der Waals surface area contributed by atoms with E-state index in [1.165, 1.54) is 11.1 Å². The molecule has 0 bridgehead atoms. The standard InChI is InChI=1S/C13H19N/c1-4-11-7-8-13(14)9-12(11)6-5-10(2)3/h5-10H,4,14H2,1-3H3/b6-5-. The summed E-state index contributed by atoms with van der Waals surface area (Å²) in [5.41, 5.74) is 9.20. The van der Waals surface area contributed by atoms with Gasteiger partial charge in [-0.3, -0.25) is 0 Å². The molecule has 1 aromatic rings. The van der Waals surface area contributed by atoms with Gasteiger partial charge >= 0.3 is 0 Å². The summed E-state index contributed by atoms with van der Waals surface area (Å²) in [6.07, 6.45) is 5.42. The van der Waals surface area contributed by atoms with Crippen LogP contribution < -0.4 is 5.73 Å². The molecular weight excluding hydrogens is 170 g/mol. The second kappa shape index (κ2) is 4.85. The molecule has 1 aromatic carbocycles. The lowest BCUT2D eigenvalue weighted by Gasteiger charge is -2.05. The van der Waals surface area contributed by atoms with Crippen LogP contribution in [0.4, 0.5) is 5.69 Å². The zero-order valence-electron chi connectivity index (χ0n) is 9.25. The van der Waals surface area contributed by atoms with Crippen LogP contribution in [-0.2, 0) is 6.42 Å². The van der Waals surface area contributed by atoms with Crippen molar-refractivity contribution >= 4 is 11.8 Å². The largest absolute Gasteiger partial charge is 0.399 e. The van der Waals surface area contributed by atoms with E-state index in [2.05, 4.69) is 39.0 Å². The summed E-state index contributed by atoms with van der Waals surface area (Å²) in [6, 6.07) is 6.11. The predicted octanol–water partition coefficient (Wildman–Crippen LogP) is 3.50. The van der Waals surface area contributed by atoms with Gasteiger partial charge in [-0.15, -0.1) is 0 Å². The summed E-state index contributed by atoms with van der Waals surface area (Å²) in [5.74, 6) is 0.584. The van der Waals surface area contributed by atoms with Crippen LogP contribution in [0.5, 0.6) is 0 Å². The Kier molecular flexibility index (Phi) is 3.75. The molecule has 0 saturated heterocycles. The minimum Gasteiger partial charge on any atom is -0.399 e. The first-order valence-corrected chi connectivity index (χ1v) is 5.20. The van der Waals surface area contributed by atoms with Crippen molar-refractivity contribution in [2.75, 3.05) is 5.73 Å². The normalized spacial score (nSPS) is 11.4. The summed E-state index contributed by atoms with van der Waals surface area (Å²) in [4.78, 5) is 0. The molecule has 0 saturated carbocycles. The maximum absolute atomic E-state index is 5.75. The highest BCUT2D eigenvalue weighted by Crippen LogP contribution is 2.16. The molecule has 1 nitrogen and oxygen atoms in total. The fraction of sp³-hybridized carbons (Fsp3) is 0.385. The minimum atomic E-state index is 0.584. The fourth-order valence-corrected chi connectivity index (χ4v) is 1.39. The minimum absolute atomic E-state index is 0.584. The third-order valence-corrected chi connectivity index (χ3v) is 2.21. The Labute approximate surface area is 86.6 Å². The molecule has 1 heteroatoms. The van der Waals surface area contributed by atoms with Crippen molar-refractivity contribution in [2.24, 2.45) is 5.92 Å².